The van der Waals surface area contributed by atoms with Crippen molar-refractivity contribution in [3.05, 3.63) is 33.6 Å². The van der Waals surface area contributed by atoms with Crippen molar-refractivity contribution in [3.63, 3.8) is 0 Å². The van der Waals surface area contributed by atoms with Crippen LogP contribution in [-0.2, 0) is 0 Å². The van der Waals surface area contributed by atoms with Gasteiger partial charge in [0.25, 0.3) is 0 Å². The molecule has 0 aliphatic carbocycles. The summed E-state index contributed by atoms with van der Waals surface area (Å²) in [7, 11) is 1.59. The summed E-state index contributed by atoms with van der Waals surface area (Å²) in [6.45, 7) is 0. The largest absolute Gasteiger partial charge is 0.496 e. The smallest absolute Gasteiger partial charge is 0.194 e. The zero-order valence-electron chi connectivity index (χ0n) is 8.40. The van der Waals surface area contributed by atoms with Crippen LogP contribution in [0.15, 0.2) is 23.6 Å². The molecule has 5 heteroatoms. The van der Waals surface area contributed by atoms with Crippen LogP contribution in [0.1, 0.15) is 5.01 Å². The lowest BCUT2D eigenvalue weighted by molar-refractivity contribution is 0.416. The van der Waals surface area contributed by atoms with Crippen LogP contribution in [0, 0.1) is 11.3 Å². The van der Waals surface area contributed by atoms with Gasteiger partial charge in [-0.2, -0.15) is 5.26 Å². The number of rotatable bonds is 2. The van der Waals surface area contributed by atoms with Crippen molar-refractivity contribution in [1.82, 2.24) is 4.98 Å². The third-order valence-electron chi connectivity index (χ3n) is 2.04. The second-order valence-electron chi connectivity index (χ2n) is 2.99. The Morgan fingerprint density at radius 2 is 2.31 bits per heavy atom. The monoisotopic (exact) mass is 250 g/mol. The van der Waals surface area contributed by atoms with Gasteiger partial charge in [-0.1, -0.05) is 11.6 Å². The van der Waals surface area contributed by atoms with Gasteiger partial charge in [-0.25, -0.2) is 4.98 Å². The molecule has 0 aliphatic heterocycles. The summed E-state index contributed by atoms with van der Waals surface area (Å²) in [5.74, 6) is 0.694. The van der Waals surface area contributed by atoms with E-state index in [-0.39, 0.29) is 0 Å². The summed E-state index contributed by atoms with van der Waals surface area (Å²) in [6.07, 6.45) is 0. The van der Waals surface area contributed by atoms with E-state index in [1.165, 1.54) is 11.3 Å². The Balaban J connectivity index is 2.54. The Hall–Kier alpha value is -1.57. The molecule has 2 aromatic rings. The molecule has 0 atom stereocenters. The van der Waals surface area contributed by atoms with E-state index in [2.05, 4.69) is 4.98 Å². The van der Waals surface area contributed by atoms with Gasteiger partial charge in [-0.05, 0) is 18.2 Å². The second kappa shape index (κ2) is 4.52. The first kappa shape index (κ1) is 10.9. The van der Waals surface area contributed by atoms with E-state index in [1.807, 2.05) is 11.4 Å². The van der Waals surface area contributed by atoms with E-state index < -0.39 is 0 Å². The first-order valence-corrected chi connectivity index (χ1v) is 5.70. The van der Waals surface area contributed by atoms with Gasteiger partial charge in [-0.3, -0.25) is 0 Å². The molecule has 80 valence electrons. The zero-order valence-corrected chi connectivity index (χ0v) is 9.97. The predicted octanol–water partition coefficient (Wildman–Crippen LogP) is 3.34. The van der Waals surface area contributed by atoms with Crippen LogP contribution in [0.4, 0.5) is 0 Å². The third kappa shape index (κ3) is 2.01. The molecule has 0 saturated carbocycles. The molecule has 0 bridgehead atoms. The van der Waals surface area contributed by atoms with Crippen LogP contribution in [-0.4, -0.2) is 12.1 Å². The summed E-state index contributed by atoms with van der Waals surface area (Å²) in [5.41, 5.74) is 1.51. The quantitative estimate of drug-likeness (QED) is 0.821. The molecule has 0 saturated heterocycles. The predicted molar refractivity (Wildman–Crippen MR) is 63.8 cm³/mol. The molecular formula is C11H7ClN2OS. The Kier molecular flexibility index (Phi) is 3.09. The normalized spacial score (nSPS) is 9.81. The van der Waals surface area contributed by atoms with Gasteiger partial charge in [0.2, 0.25) is 0 Å². The van der Waals surface area contributed by atoms with Gasteiger partial charge in [-0.15, -0.1) is 11.3 Å². The molecule has 2 rings (SSSR count). The van der Waals surface area contributed by atoms with Gasteiger partial charge >= 0.3 is 0 Å². The maximum absolute atomic E-state index is 8.72. The van der Waals surface area contributed by atoms with Crippen LogP contribution < -0.4 is 4.74 Å². The van der Waals surface area contributed by atoms with E-state index in [9.17, 15) is 0 Å². The SMILES string of the molecule is COc1ccc(Cl)cc1-c1csc(C#N)n1. The third-order valence-corrected chi connectivity index (χ3v) is 3.02. The fraction of sp³-hybridized carbons (Fsp3) is 0.0909. The lowest BCUT2D eigenvalue weighted by atomic mass is 10.1. The number of halogens is 1. The average Bonchev–Trinajstić information content (AvgIpc) is 2.77. The topological polar surface area (TPSA) is 45.9 Å². The molecule has 1 heterocycles. The van der Waals surface area contributed by atoms with E-state index in [0.29, 0.717) is 21.5 Å². The Morgan fingerprint density at radius 3 is 2.94 bits per heavy atom. The van der Waals surface area contributed by atoms with Crippen molar-refractivity contribution in [2.45, 2.75) is 0 Å². The second-order valence-corrected chi connectivity index (χ2v) is 4.29. The number of nitrogens with zero attached hydrogens (tertiary/aromatic N) is 2. The Bertz CT molecular complexity index is 559. The number of thiazole rings is 1. The molecule has 0 radical (unpaired) electrons. The highest BCUT2D eigenvalue weighted by Gasteiger charge is 2.10. The summed E-state index contributed by atoms with van der Waals surface area (Å²) < 4.78 is 5.22. The first-order valence-electron chi connectivity index (χ1n) is 4.44. The molecule has 3 nitrogen and oxygen atoms in total. The molecule has 0 spiro atoms. The molecule has 0 fully saturated rings. The molecule has 0 amide bonds. The minimum Gasteiger partial charge on any atom is -0.496 e. The maximum Gasteiger partial charge on any atom is 0.194 e. The van der Waals surface area contributed by atoms with Crippen LogP contribution in [0.25, 0.3) is 11.3 Å². The Labute approximate surface area is 102 Å². The van der Waals surface area contributed by atoms with Gasteiger partial charge in [0.1, 0.15) is 11.8 Å². The number of hydrogen-bond acceptors (Lipinski definition) is 4. The van der Waals surface area contributed by atoms with Crippen LogP contribution in [0.5, 0.6) is 5.75 Å². The van der Waals surface area contributed by atoms with Crippen LogP contribution in [0.2, 0.25) is 5.02 Å². The highest BCUT2D eigenvalue weighted by atomic mass is 35.5. The standard InChI is InChI=1S/C11H7ClN2OS/c1-15-10-3-2-7(12)4-8(10)9-6-16-11(5-13)14-9/h2-4,6H,1H3. The minimum absolute atomic E-state index is 0.428. The number of hydrogen-bond donors (Lipinski definition) is 0. The fourth-order valence-electron chi connectivity index (χ4n) is 1.33. The van der Waals surface area contributed by atoms with E-state index in [0.717, 1.165) is 5.56 Å². The highest BCUT2D eigenvalue weighted by Crippen LogP contribution is 2.32. The average molecular weight is 251 g/mol. The van der Waals surface area contributed by atoms with Gasteiger partial charge in [0.05, 0.1) is 12.8 Å². The van der Waals surface area contributed by atoms with Gasteiger partial charge < -0.3 is 4.74 Å². The molecule has 0 aliphatic rings. The van der Waals surface area contributed by atoms with E-state index >= 15 is 0 Å². The molecular weight excluding hydrogens is 244 g/mol. The molecule has 16 heavy (non-hydrogen) atoms. The van der Waals surface area contributed by atoms with Crippen LogP contribution >= 0.6 is 22.9 Å². The van der Waals surface area contributed by atoms with Gasteiger partial charge in [0.15, 0.2) is 5.01 Å². The highest BCUT2D eigenvalue weighted by molar-refractivity contribution is 7.10. The van der Waals surface area contributed by atoms with E-state index in [4.69, 9.17) is 21.6 Å². The van der Waals surface area contributed by atoms with E-state index in [1.54, 1.807) is 25.3 Å². The fourth-order valence-corrected chi connectivity index (χ4v) is 2.11. The minimum atomic E-state index is 0.428. The van der Waals surface area contributed by atoms with Crippen molar-refractivity contribution in [1.29, 1.82) is 5.26 Å². The van der Waals surface area contributed by atoms with Crippen LogP contribution in [0.3, 0.4) is 0 Å². The lowest BCUT2D eigenvalue weighted by Crippen LogP contribution is -1.88. The van der Waals surface area contributed by atoms with Crippen molar-refractivity contribution in [2.75, 3.05) is 7.11 Å². The first-order chi connectivity index (χ1) is 7.74. The Morgan fingerprint density at radius 1 is 1.50 bits per heavy atom. The number of aromatic nitrogens is 1. The van der Waals surface area contributed by atoms with Crippen molar-refractivity contribution < 1.29 is 4.74 Å². The van der Waals surface area contributed by atoms with Crippen molar-refractivity contribution in [3.8, 4) is 23.1 Å². The molecule has 1 aromatic heterocycles. The molecule has 1 aromatic carbocycles. The molecule has 0 unspecified atom stereocenters. The number of methoxy groups -OCH3 is 1. The number of nitriles is 1. The zero-order chi connectivity index (χ0) is 11.5. The summed E-state index contributed by atoms with van der Waals surface area (Å²) in [6, 6.07) is 7.31. The lowest BCUT2D eigenvalue weighted by Gasteiger charge is -2.05. The maximum atomic E-state index is 8.72. The van der Waals surface area contributed by atoms with Gasteiger partial charge in [0, 0.05) is 16.0 Å². The number of benzene rings is 1. The molecule has 0 N–H and O–H groups in total. The van der Waals surface area contributed by atoms with Crippen molar-refractivity contribution >= 4 is 22.9 Å². The summed E-state index contributed by atoms with van der Waals surface area (Å²) >= 11 is 7.22. The van der Waals surface area contributed by atoms with Crippen molar-refractivity contribution in [2.24, 2.45) is 0 Å². The summed E-state index contributed by atoms with van der Waals surface area (Å²) in [5, 5.41) is 11.6. The summed E-state index contributed by atoms with van der Waals surface area (Å²) in [4.78, 5) is 4.17. The number of ether oxygens (including phenoxy) is 1.